The van der Waals surface area contributed by atoms with Crippen molar-refractivity contribution in [2.24, 2.45) is 47.3 Å². The highest BCUT2D eigenvalue weighted by Gasteiger charge is 2.36. The van der Waals surface area contributed by atoms with E-state index in [0.717, 1.165) is 25.7 Å². The first-order chi connectivity index (χ1) is 12.0. The Labute approximate surface area is 159 Å². The molecule has 2 aliphatic rings. The summed E-state index contributed by atoms with van der Waals surface area (Å²) in [6.45, 7) is 12.9. The summed E-state index contributed by atoms with van der Waals surface area (Å²) in [6, 6.07) is 0. The van der Waals surface area contributed by atoms with Crippen molar-refractivity contribution in [1.29, 1.82) is 0 Å². The highest BCUT2D eigenvalue weighted by molar-refractivity contribution is 5.71. The van der Waals surface area contributed by atoms with Gasteiger partial charge in [0.15, 0.2) is 0 Å². The van der Waals surface area contributed by atoms with Gasteiger partial charge in [-0.1, -0.05) is 54.4 Å². The molecular weight excluding hydrogens is 328 g/mol. The number of carboxylic acid groups (broad SMARTS) is 2. The molecule has 2 rings (SSSR count). The van der Waals surface area contributed by atoms with Crippen LogP contribution in [-0.4, -0.2) is 22.2 Å². The minimum atomic E-state index is -0.592. The van der Waals surface area contributed by atoms with Gasteiger partial charge in [-0.25, -0.2) is 0 Å². The first kappa shape index (κ1) is 23.0. The third-order valence-electron chi connectivity index (χ3n) is 6.68. The molecule has 2 N–H and O–H groups in total. The van der Waals surface area contributed by atoms with E-state index in [9.17, 15) is 9.59 Å². The molecule has 4 nitrogen and oxygen atoms in total. The van der Waals surface area contributed by atoms with Crippen molar-refractivity contribution < 1.29 is 19.8 Å². The number of rotatable bonds is 4. The average molecular weight is 369 g/mol. The normalized spacial score (nSPS) is 34.9. The Morgan fingerprint density at radius 3 is 1.23 bits per heavy atom. The summed E-state index contributed by atoms with van der Waals surface area (Å²) < 4.78 is 0. The zero-order valence-electron chi connectivity index (χ0n) is 17.6. The van der Waals surface area contributed by atoms with Crippen LogP contribution in [0.4, 0.5) is 0 Å². The molecule has 6 atom stereocenters. The third kappa shape index (κ3) is 6.59. The molecule has 0 saturated heterocycles. The number of aliphatic carboxylic acids is 2. The number of hydrogen-bond donors (Lipinski definition) is 2. The molecule has 26 heavy (non-hydrogen) atoms. The SMILES string of the molecule is CC(C)[C@H]1CC[C@H](C)C[C@@H]1C(=O)O.CC(C)[C@H]1CC[C@H](C)C[C@@H]1C(=O)O. The number of carbonyl (C=O) groups is 2. The average Bonchev–Trinajstić information content (AvgIpc) is 2.54. The van der Waals surface area contributed by atoms with Crippen LogP contribution in [0, 0.1) is 47.3 Å². The van der Waals surface area contributed by atoms with E-state index in [4.69, 9.17) is 10.2 Å². The van der Waals surface area contributed by atoms with Crippen LogP contribution in [0.5, 0.6) is 0 Å². The van der Waals surface area contributed by atoms with Crippen LogP contribution in [0.2, 0.25) is 0 Å². The van der Waals surface area contributed by atoms with Gasteiger partial charge in [0.1, 0.15) is 0 Å². The monoisotopic (exact) mass is 368 g/mol. The standard InChI is InChI=1S/2C11H20O2/c2*1-7(2)9-5-4-8(3)6-10(9)11(12)13/h2*7-10H,4-6H2,1-3H3,(H,12,13)/t2*8-,9+,10-/m00/s1. The van der Waals surface area contributed by atoms with Crippen molar-refractivity contribution in [3.05, 3.63) is 0 Å². The van der Waals surface area contributed by atoms with Crippen molar-refractivity contribution in [1.82, 2.24) is 0 Å². The van der Waals surface area contributed by atoms with E-state index < -0.39 is 11.9 Å². The number of carboxylic acids is 2. The highest BCUT2D eigenvalue weighted by Crippen LogP contribution is 2.38. The summed E-state index contributed by atoms with van der Waals surface area (Å²) in [6.07, 6.45) is 6.33. The second kappa shape index (κ2) is 10.3. The van der Waals surface area contributed by atoms with Crippen LogP contribution in [0.25, 0.3) is 0 Å². The summed E-state index contributed by atoms with van der Waals surface area (Å²) in [5, 5.41) is 18.2. The number of hydrogen-bond acceptors (Lipinski definition) is 2. The van der Waals surface area contributed by atoms with Gasteiger partial charge in [-0.2, -0.15) is 0 Å². The Balaban J connectivity index is 0.000000260. The zero-order chi connectivity index (χ0) is 20.0. The Kier molecular flexibility index (Phi) is 9.12. The lowest BCUT2D eigenvalue weighted by molar-refractivity contribution is -0.147. The smallest absolute Gasteiger partial charge is 0.306 e. The van der Waals surface area contributed by atoms with Gasteiger partial charge in [-0.3, -0.25) is 9.59 Å². The van der Waals surface area contributed by atoms with Gasteiger partial charge in [0.25, 0.3) is 0 Å². The Hall–Kier alpha value is -1.06. The maximum atomic E-state index is 11.0. The fraction of sp³-hybridized carbons (Fsp3) is 0.909. The maximum Gasteiger partial charge on any atom is 0.306 e. The summed E-state index contributed by atoms with van der Waals surface area (Å²) in [7, 11) is 0. The van der Waals surface area contributed by atoms with Crippen molar-refractivity contribution in [2.45, 2.75) is 80.1 Å². The highest BCUT2D eigenvalue weighted by atomic mass is 16.4. The van der Waals surface area contributed by atoms with Gasteiger partial charge in [0.2, 0.25) is 0 Å². The largest absolute Gasteiger partial charge is 0.481 e. The van der Waals surface area contributed by atoms with Gasteiger partial charge in [0, 0.05) is 0 Å². The van der Waals surface area contributed by atoms with Crippen LogP contribution in [0.1, 0.15) is 80.1 Å². The van der Waals surface area contributed by atoms with E-state index in [1.165, 1.54) is 12.8 Å². The second-order valence-electron chi connectivity index (χ2n) is 9.54. The fourth-order valence-corrected chi connectivity index (χ4v) is 4.97. The van der Waals surface area contributed by atoms with Gasteiger partial charge in [-0.05, 0) is 61.2 Å². The van der Waals surface area contributed by atoms with Crippen molar-refractivity contribution in [3.8, 4) is 0 Å². The minimum absolute atomic E-state index is 0.0938. The molecule has 2 aliphatic carbocycles. The van der Waals surface area contributed by atoms with Crippen LogP contribution >= 0.6 is 0 Å². The molecule has 0 radical (unpaired) electrons. The van der Waals surface area contributed by atoms with E-state index in [1.54, 1.807) is 0 Å². The van der Waals surface area contributed by atoms with Crippen LogP contribution < -0.4 is 0 Å². The van der Waals surface area contributed by atoms with E-state index in [-0.39, 0.29) is 11.8 Å². The molecular formula is C22H40O4. The van der Waals surface area contributed by atoms with Crippen LogP contribution in [-0.2, 0) is 9.59 Å². The lowest BCUT2D eigenvalue weighted by Gasteiger charge is -2.34. The van der Waals surface area contributed by atoms with Gasteiger partial charge in [-0.15, -0.1) is 0 Å². The van der Waals surface area contributed by atoms with Crippen molar-refractivity contribution in [2.75, 3.05) is 0 Å². The minimum Gasteiger partial charge on any atom is -0.481 e. The fourth-order valence-electron chi connectivity index (χ4n) is 4.97. The molecule has 0 spiro atoms. The Morgan fingerprint density at radius 2 is 1.00 bits per heavy atom. The quantitative estimate of drug-likeness (QED) is 0.681. The summed E-state index contributed by atoms with van der Waals surface area (Å²) in [4.78, 5) is 22.0. The molecule has 0 aromatic rings. The second-order valence-corrected chi connectivity index (χ2v) is 9.54. The molecule has 4 heteroatoms. The summed E-state index contributed by atoms with van der Waals surface area (Å²) in [5.41, 5.74) is 0. The van der Waals surface area contributed by atoms with Crippen molar-refractivity contribution in [3.63, 3.8) is 0 Å². The molecule has 2 fully saturated rings. The predicted octanol–water partition coefficient (Wildman–Crippen LogP) is 5.56. The molecule has 0 aliphatic heterocycles. The third-order valence-corrected chi connectivity index (χ3v) is 6.68. The summed E-state index contributed by atoms with van der Waals surface area (Å²) >= 11 is 0. The molecule has 0 heterocycles. The molecule has 152 valence electrons. The van der Waals surface area contributed by atoms with E-state index in [2.05, 4.69) is 41.5 Å². The van der Waals surface area contributed by atoms with Crippen molar-refractivity contribution >= 4 is 11.9 Å². The zero-order valence-corrected chi connectivity index (χ0v) is 17.6. The van der Waals surface area contributed by atoms with E-state index >= 15 is 0 Å². The molecule has 0 amide bonds. The molecule has 0 bridgehead atoms. The first-order valence-corrected chi connectivity index (χ1v) is 10.5. The lowest BCUT2D eigenvalue weighted by atomic mass is 9.70. The first-order valence-electron chi connectivity index (χ1n) is 10.5. The Bertz CT molecular complexity index is 415. The van der Waals surface area contributed by atoms with Gasteiger partial charge < -0.3 is 10.2 Å². The lowest BCUT2D eigenvalue weighted by Crippen LogP contribution is -2.33. The molecule has 0 aromatic carbocycles. The maximum absolute atomic E-state index is 11.0. The Morgan fingerprint density at radius 1 is 0.692 bits per heavy atom. The van der Waals surface area contributed by atoms with E-state index in [1.807, 2.05) is 0 Å². The van der Waals surface area contributed by atoms with Crippen LogP contribution in [0.15, 0.2) is 0 Å². The van der Waals surface area contributed by atoms with E-state index in [0.29, 0.717) is 35.5 Å². The predicted molar refractivity (Wildman–Crippen MR) is 105 cm³/mol. The molecule has 2 saturated carbocycles. The molecule has 0 unspecified atom stereocenters. The van der Waals surface area contributed by atoms with Crippen LogP contribution in [0.3, 0.4) is 0 Å². The van der Waals surface area contributed by atoms with Gasteiger partial charge in [0.05, 0.1) is 11.8 Å². The topological polar surface area (TPSA) is 74.6 Å². The summed E-state index contributed by atoms with van der Waals surface area (Å²) in [5.74, 6) is 1.62. The van der Waals surface area contributed by atoms with Gasteiger partial charge >= 0.3 is 11.9 Å². The molecule has 0 aromatic heterocycles.